The molecule has 3 fully saturated rings. The Morgan fingerprint density at radius 3 is 2.27 bits per heavy atom. The van der Waals surface area contributed by atoms with Gasteiger partial charge in [-0.3, -0.25) is 9.69 Å². The van der Waals surface area contributed by atoms with Crippen molar-refractivity contribution in [2.75, 3.05) is 32.8 Å². The highest BCUT2D eigenvalue weighted by atomic mass is 16.6. The molecule has 2 saturated heterocycles. The number of nitrogens with zero attached hydrogens (tertiary/aromatic N) is 3. The third-order valence-electron chi connectivity index (χ3n) is 11.3. The number of aliphatic hydroxyl groups is 2. The van der Waals surface area contributed by atoms with Gasteiger partial charge in [-0.25, -0.2) is 9.59 Å². The van der Waals surface area contributed by atoms with Crippen molar-refractivity contribution in [3.05, 3.63) is 36.0 Å². The number of rotatable bonds is 7. The molecule has 51 heavy (non-hydrogen) atoms. The summed E-state index contributed by atoms with van der Waals surface area (Å²) in [5.74, 6) is -0.894. The molecule has 0 unspecified atom stereocenters. The first-order chi connectivity index (χ1) is 24.2. The maximum absolute atomic E-state index is 13.5. The van der Waals surface area contributed by atoms with Gasteiger partial charge in [-0.1, -0.05) is 63.8 Å². The molecule has 2 amide bonds. The summed E-state index contributed by atoms with van der Waals surface area (Å²) in [6.07, 6.45) is 15.4. The first kappa shape index (κ1) is 40.9. The number of esters is 1. The summed E-state index contributed by atoms with van der Waals surface area (Å²) < 4.78 is 17.5. The fourth-order valence-electron chi connectivity index (χ4n) is 7.91. The number of amides is 2. The zero-order valence-corrected chi connectivity index (χ0v) is 32.0. The van der Waals surface area contributed by atoms with Crippen LogP contribution in [0.2, 0.25) is 0 Å². The molecule has 4 aliphatic rings. The number of hydrogen-bond donors (Lipinski definition) is 2. The molecule has 0 radical (unpaired) electrons. The van der Waals surface area contributed by atoms with Crippen molar-refractivity contribution in [2.24, 2.45) is 11.8 Å². The third kappa shape index (κ3) is 12.1. The lowest BCUT2D eigenvalue weighted by Crippen LogP contribution is -2.53. The number of carbonyl (C=O) groups excluding carboxylic acids is 3. The fraction of sp³-hybridized carbons (Fsp3) is 0.775. The van der Waals surface area contributed by atoms with Crippen molar-refractivity contribution >= 4 is 18.2 Å². The molecular formula is C40H65N3O8. The number of ether oxygens (including phenoxy) is 3. The van der Waals surface area contributed by atoms with Gasteiger partial charge in [-0.15, -0.1) is 0 Å². The Bertz CT molecular complexity index is 1220. The molecule has 0 bridgehead atoms. The molecule has 3 heterocycles. The van der Waals surface area contributed by atoms with E-state index in [0.29, 0.717) is 19.1 Å². The number of aliphatic hydroxyl groups excluding tert-OH is 1. The lowest BCUT2D eigenvalue weighted by atomic mass is 9.89. The van der Waals surface area contributed by atoms with E-state index in [1.807, 2.05) is 63.8 Å². The molecule has 0 aromatic heterocycles. The lowest BCUT2D eigenvalue weighted by Gasteiger charge is -2.40. The molecule has 4 rings (SSSR count). The zero-order valence-electron chi connectivity index (χ0n) is 32.0. The van der Waals surface area contributed by atoms with E-state index in [1.165, 1.54) is 38.5 Å². The van der Waals surface area contributed by atoms with E-state index in [-0.39, 0.29) is 55.9 Å². The second-order valence-electron chi connectivity index (χ2n) is 15.9. The minimum Gasteiger partial charge on any atom is -0.457 e. The van der Waals surface area contributed by atoms with Crippen LogP contribution in [0.1, 0.15) is 112 Å². The largest absolute Gasteiger partial charge is 0.457 e. The summed E-state index contributed by atoms with van der Waals surface area (Å²) in [6, 6.07) is 0.948. The van der Waals surface area contributed by atoms with Crippen LogP contribution in [-0.4, -0.2) is 118 Å². The van der Waals surface area contributed by atoms with Crippen LogP contribution in [-0.2, 0) is 19.0 Å². The summed E-state index contributed by atoms with van der Waals surface area (Å²) >= 11 is 0. The number of allylic oxidation sites excluding steroid dienone is 2. The van der Waals surface area contributed by atoms with Gasteiger partial charge in [0.25, 0.3) is 0 Å². The van der Waals surface area contributed by atoms with E-state index in [9.17, 15) is 24.6 Å². The standard InChI is InChI=1S/C40H65N3O8/c1-28(27-49-39(47)43-31(4)17-18-32(43)5)12-11-13-29(2)37-30(3)16-19-35(40(6,48)21-20-34(44)26-36(45)51-37)50-38(46)42-24-22-41(23-25-42)33-14-9-7-8-10-15-33/h11-13,16,19,28,30-35,37,44,48H,7-10,14-15,17-18,20-27H2,1-6H3/b12-11+,19-16-,29-13+/t28-,30+,31+,32+,34+,35+,37-,40+/m1/s1. The quantitative estimate of drug-likeness (QED) is 0.101. The average Bonchev–Trinajstić information content (AvgIpc) is 3.25. The van der Waals surface area contributed by atoms with Gasteiger partial charge in [0.1, 0.15) is 11.7 Å². The Hall–Kier alpha value is -2.89. The molecule has 3 aliphatic heterocycles. The second kappa shape index (κ2) is 19.3. The molecule has 11 heteroatoms. The number of cyclic esters (lactones) is 1. The Morgan fingerprint density at radius 1 is 0.980 bits per heavy atom. The number of carbonyl (C=O) groups is 3. The average molecular weight is 716 g/mol. The summed E-state index contributed by atoms with van der Waals surface area (Å²) in [7, 11) is 0. The highest BCUT2D eigenvalue weighted by Gasteiger charge is 2.37. The van der Waals surface area contributed by atoms with Gasteiger partial charge in [-0.2, -0.15) is 0 Å². The van der Waals surface area contributed by atoms with Crippen LogP contribution in [0.5, 0.6) is 0 Å². The highest BCUT2D eigenvalue weighted by molar-refractivity contribution is 5.70. The molecule has 0 spiro atoms. The van der Waals surface area contributed by atoms with Crippen LogP contribution in [0, 0.1) is 11.8 Å². The monoisotopic (exact) mass is 715 g/mol. The lowest BCUT2D eigenvalue weighted by molar-refractivity contribution is -0.151. The number of piperazine rings is 1. The van der Waals surface area contributed by atoms with Crippen LogP contribution in [0.4, 0.5) is 9.59 Å². The van der Waals surface area contributed by atoms with Gasteiger partial charge >= 0.3 is 18.2 Å². The van der Waals surface area contributed by atoms with Gasteiger partial charge < -0.3 is 34.2 Å². The van der Waals surface area contributed by atoms with E-state index in [4.69, 9.17) is 14.2 Å². The van der Waals surface area contributed by atoms with Crippen LogP contribution in [0.3, 0.4) is 0 Å². The van der Waals surface area contributed by atoms with Crippen molar-refractivity contribution in [3.63, 3.8) is 0 Å². The van der Waals surface area contributed by atoms with E-state index in [2.05, 4.69) is 4.90 Å². The van der Waals surface area contributed by atoms with Crippen molar-refractivity contribution in [1.82, 2.24) is 14.7 Å². The van der Waals surface area contributed by atoms with Crippen LogP contribution in [0.25, 0.3) is 0 Å². The fourth-order valence-corrected chi connectivity index (χ4v) is 7.91. The zero-order chi connectivity index (χ0) is 37.1. The van der Waals surface area contributed by atoms with Crippen molar-refractivity contribution in [3.8, 4) is 0 Å². The molecule has 0 aromatic rings. The first-order valence-corrected chi connectivity index (χ1v) is 19.5. The molecule has 288 valence electrons. The number of hydrogen-bond acceptors (Lipinski definition) is 9. The molecule has 8 atom stereocenters. The molecule has 11 nitrogen and oxygen atoms in total. The maximum Gasteiger partial charge on any atom is 0.410 e. The maximum atomic E-state index is 13.5. The molecule has 1 aliphatic carbocycles. The second-order valence-corrected chi connectivity index (χ2v) is 15.9. The summed E-state index contributed by atoms with van der Waals surface area (Å²) in [5.41, 5.74) is -0.690. The SMILES string of the molecule is C/C(=C\C=C\[C@@H](C)COC(=O)N1[C@@H](C)CC[C@@H]1C)[C@H]1OC(=O)C[C@@H](O)CC[C@](C)(O)[C@@H](OC(=O)N2CCN(C3CCCCCC3)CC2)/C=C\[C@@H]1C. The smallest absolute Gasteiger partial charge is 0.410 e. The predicted octanol–water partition coefficient (Wildman–Crippen LogP) is 6.38. The van der Waals surface area contributed by atoms with E-state index >= 15 is 0 Å². The number of likely N-dealkylation sites (tertiary alicyclic amines) is 1. The molecule has 1 saturated carbocycles. The van der Waals surface area contributed by atoms with Gasteiger partial charge in [0.15, 0.2) is 6.10 Å². The van der Waals surface area contributed by atoms with Gasteiger partial charge in [0.05, 0.1) is 19.1 Å². The van der Waals surface area contributed by atoms with Crippen molar-refractivity contribution < 1.29 is 38.8 Å². The molecular weight excluding hydrogens is 650 g/mol. The Balaban J connectivity index is 1.39. The van der Waals surface area contributed by atoms with E-state index < -0.39 is 36.0 Å². The van der Waals surface area contributed by atoms with E-state index in [0.717, 1.165) is 31.5 Å². The Morgan fingerprint density at radius 2 is 1.63 bits per heavy atom. The predicted molar refractivity (Wildman–Crippen MR) is 197 cm³/mol. The van der Waals surface area contributed by atoms with Crippen LogP contribution in [0.15, 0.2) is 36.0 Å². The minimum absolute atomic E-state index is 0.0324. The molecule has 0 aromatic carbocycles. The Labute approximate surface area is 306 Å². The van der Waals surface area contributed by atoms with E-state index in [1.54, 1.807) is 17.9 Å². The normalized spacial score (nSPS) is 33.9. The summed E-state index contributed by atoms with van der Waals surface area (Å²) in [5, 5.41) is 22.2. The van der Waals surface area contributed by atoms with Crippen LogP contribution < -0.4 is 0 Å². The van der Waals surface area contributed by atoms with Gasteiger partial charge in [0.2, 0.25) is 0 Å². The minimum atomic E-state index is -1.47. The van der Waals surface area contributed by atoms with Gasteiger partial charge in [0, 0.05) is 56.1 Å². The first-order valence-electron chi connectivity index (χ1n) is 19.5. The third-order valence-corrected chi connectivity index (χ3v) is 11.3. The van der Waals surface area contributed by atoms with Gasteiger partial charge in [-0.05, 0) is 77.9 Å². The van der Waals surface area contributed by atoms with Crippen molar-refractivity contribution in [2.45, 2.75) is 154 Å². The topological polar surface area (TPSA) is 129 Å². The van der Waals surface area contributed by atoms with Crippen molar-refractivity contribution in [1.29, 1.82) is 0 Å². The highest BCUT2D eigenvalue weighted by Crippen LogP contribution is 2.29. The Kier molecular flexibility index (Phi) is 15.4. The summed E-state index contributed by atoms with van der Waals surface area (Å²) in [6.45, 7) is 14.5. The summed E-state index contributed by atoms with van der Waals surface area (Å²) in [4.78, 5) is 45.0. The molecule has 2 N–H and O–H groups in total. The van der Waals surface area contributed by atoms with Crippen LogP contribution >= 0.6 is 0 Å².